The van der Waals surface area contributed by atoms with Crippen LogP contribution in [0.3, 0.4) is 0 Å². The summed E-state index contributed by atoms with van der Waals surface area (Å²) in [5.74, 6) is 0. The molecule has 0 atom stereocenters. The van der Waals surface area contributed by atoms with E-state index in [1.54, 1.807) is 0 Å². The van der Waals surface area contributed by atoms with Crippen LogP contribution in [0.2, 0.25) is 0 Å². The van der Waals surface area contributed by atoms with E-state index in [1.165, 1.54) is 0 Å². The zero-order valence-electron chi connectivity index (χ0n) is 1.67. The molecular weight excluding hydrogens is 239 g/mol. The SMILES string of the molecule is O=[C-]O.[Pt]. The van der Waals surface area contributed by atoms with Crippen LogP contribution in [0.25, 0.3) is 0 Å². The van der Waals surface area contributed by atoms with Gasteiger partial charge in [-0.15, -0.1) is 0 Å². The zero-order valence-corrected chi connectivity index (χ0v) is 3.94. The Hall–Kier alpha value is 0.158. The minimum atomic E-state index is 0. The second kappa shape index (κ2) is 11.0. The monoisotopic (exact) mass is 240 g/mol. The number of rotatable bonds is 0. The molecular formula is CHO2Pt-. The first kappa shape index (κ1) is 8.90. The third kappa shape index (κ3) is 116. The molecule has 0 aromatic rings. The minimum Gasteiger partial charge on any atom is -0.665 e. The van der Waals surface area contributed by atoms with E-state index in [1.807, 2.05) is 0 Å². The van der Waals surface area contributed by atoms with Gasteiger partial charge in [0.1, 0.15) is 0 Å². The molecule has 28 valence electrons. The summed E-state index contributed by atoms with van der Waals surface area (Å²) in [7, 11) is 0. The Kier molecular flexibility index (Phi) is 24.4. The van der Waals surface area contributed by atoms with Crippen molar-refractivity contribution < 1.29 is 31.0 Å². The second-order valence-corrected chi connectivity index (χ2v) is 0.0913. The fraction of sp³-hybridized carbons (Fsp3) is 0. The van der Waals surface area contributed by atoms with Gasteiger partial charge in [-0.05, 0) is 0 Å². The molecule has 0 rings (SSSR count). The summed E-state index contributed by atoms with van der Waals surface area (Å²) >= 11 is 0. The van der Waals surface area contributed by atoms with Crippen LogP contribution in [0.1, 0.15) is 0 Å². The van der Waals surface area contributed by atoms with Crippen LogP contribution in [0.5, 0.6) is 0 Å². The first-order valence-electron chi connectivity index (χ1n) is 0.428. The molecule has 0 spiro atoms. The Balaban J connectivity index is 0. The van der Waals surface area contributed by atoms with Crippen LogP contribution in [0.15, 0.2) is 0 Å². The molecule has 0 fully saturated rings. The van der Waals surface area contributed by atoms with Gasteiger partial charge in [-0.25, -0.2) is 0 Å². The molecule has 0 aromatic heterocycles. The fourth-order valence-electron chi connectivity index (χ4n) is 0. The van der Waals surface area contributed by atoms with Crippen LogP contribution in [-0.4, -0.2) is 11.6 Å². The molecule has 0 unspecified atom stereocenters. The van der Waals surface area contributed by atoms with Crippen LogP contribution in [0, 0.1) is 0 Å². The van der Waals surface area contributed by atoms with Crippen molar-refractivity contribution in [2.75, 3.05) is 0 Å². The van der Waals surface area contributed by atoms with E-state index in [9.17, 15) is 0 Å². The van der Waals surface area contributed by atoms with Crippen molar-refractivity contribution in [3.63, 3.8) is 0 Å². The van der Waals surface area contributed by atoms with Crippen LogP contribution < -0.4 is 0 Å². The Labute approximate surface area is 38.1 Å². The zero-order chi connectivity index (χ0) is 2.71. The Bertz CT molecular complexity index is 13.5. The molecule has 0 aliphatic heterocycles. The van der Waals surface area contributed by atoms with Gasteiger partial charge in [0.15, 0.2) is 0 Å². The molecule has 0 saturated heterocycles. The maximum absolute atomic E-state index is 8.24. The van der Waals surface area contributed by atoms with Crippen molar-refractivity contribution in [3.05, 3.63) is 0 Å². The van der Waals surface area contributed by atoms with E-state index >= 15 is 0 Å². The third-order valence-electron chi connectivity index (χ3n) is 0. The third-order valence-corrected chi connectivity index (χ3v) is 0. The fourth-order valence-corrected chi connectivity index (χ4v) is 0. The average molecular weight is 240 g/mol. The predicted octanol–water partition coefficient (Wildman–Crippen LogP) is -0.391. The second-order valence-electron chi connectivity index (χ2n) is 0.0913. The molecule has 2 nitrogen and oxygen atoms in total. The molecule has 0 amide bonds. The first-order valence-corrected chi connectivity index (χ1v) is 0.428. The molecule has 0 radical (unpaired) electrons. The molecule has 1 N–H and O–H groups in total. The molecule has 3 heteroatoms. The van der Waals surface area contributed by atoms with Gasteiger partial charge in [-0.3, -0.25) is 0 Å². The van der Waals surface area contributed by atoms with Crippen LogP contribution >= 0.6 is 0 Å². The standard InChI is InChI=1S/CHO2.Pt/c2-1-3;/h(H,2,3);/q-1;. The minimum absolute atomic E-state index is 0. The topological polar surface area (TPSA) is 37.3 Å². The van der Waals surface area contributed by atoms with Crippen molar-refractivity contribution in [2.45, 2.75) is 0 Å². The van der Waals surface area contributed by atoms with E-state index in [0.717, 1.165) is 0 Å². The van der Waals surface area contributed by atoms with Crippen molar-refractivity contribution in [1.29, 1.82) is 0 Å². The van der Waals surface area contributed by atoms with Crippen LogP contribution in [0.4, 0.5) is 0 Å². The quantitative estimate of drug-likeness (QED) is 0.585. The summed E-state index contributed by atoms with van der Waals surface area (Å²) in [6, 6.07) is 0. The Morgan fingerprint density at radius 3 is 1.75 bits per heavy atom. The predicted molar refractivity (Wildman–Crippen MR) is 8.32 cm³/mol. The van der Waals surface area contributed by atoms with Gasteiger partial charge in [0.25, 0.3) is 0 Å². The molecule has 0 saturated carbocycles. The van der Waals surface area contributed by atoms with E-state index in [-0.39, 0.29) is 21.1 Å². The average Bonchev–Trinajstić information content (AvgIpc) is 0.918. The molecule has 0 aliphatic carbocycles. The maximum Gasteiger partial charge on any atom is 0 e. The normalized spacial score (nSPS) is 3.00. The van der Waals surface area contributed by atoms with Gasteiger partial charge in [0.05, 0.1) is 0 Å². The Morgan fingerprint density at radius 1 is 1.75 bits per heavy atom. The summed E-state index contributed by atoms with van der Waals surface area (Å²) in [5, 5.41) is 6.76. The van der Waals surface area contributed by atoms with Gasteiger partial charge < -0.3 is 9.90 Å². The molecule has 0 bridgehead atoms. The van der Waals surface area contributed by atoms with Crippen molar-refractivity contribution >= 4 is 6.47 Å². The van der Waals surface area contributed by atoms with Crippen molar-refractivity contribution in [3.8, 4) is 0 Å². The Morgan fingerprint density at radius 2 is 1.75 bits per heavy atom. The van der Waals surface area contributed by atoms with E-state index < -0.39 is 0 Å². The maximum atomic E-state index is 8.24. The van der Waals surface area contributed by atoms with Gasteiger partial charge >= 0.3 is 0 Å². The summed E-state index contributed by atoms with van der Waals surface area (Å²) in [6.07, 6.45) is 0. The summed E-state index contributed by atoms with van der Waals surface area (Å²) in [5.41, 5.74) is 0. The van der Waals surface area contributed by atoms with E-state index in [4.69, 9.17) is 9.90 Å². The van der Waals surface area contributed by atoms with E-state index in [0.29, 0.717) is 6.47 Å². The largest absolute Gasteiger partial charge is 0.665 e. The summed E-state index contributed by atoms with van der Waals surface area (Å²) in [6.45, 7) is 0.500. The summed E-state index contributed by atoms with van der Waals surface area (Å²) in [4.78, 5) is 8.24. The van der Waals surface area contributed by atoms with Crippen molar-refractivity contribution in [2.24, 2.45) is 0 Å². The molecule has 0 aromatic carbocycles. The van der Waals surface area contributed by atoms with Gasteiger partial charge in [-0.2, -0.15) is 0 Å². The number of aliphatic hydroxyl groups excluding tert-OH is 1. The van der Waals surface area contributed by atoms with E-state index in [2.05, 4.69) is 0 Å². The molecule has 0 aliphatic rings. The smallest absolute Gasteiger partial charge is 0 e. The molecule has 0 heterocycles. The number of hydrogen-bond acceptors (Lipinski definition) is 1. The van der Waals surface area contributed by atoms with Gasteiger partial charge in [-0.1, -0.05) is 6.47 Å². The van der Waals surface area contributed by atoms with Crippen molar-refractivity contribution in [1.82, 2.24) is 0 Å². The first-order chi connectivity index (χ1) is 1.41. The van der Waals surface area contributed by atoms with Crippen LogP contribution in [-0.2, 0) is 25.9 Å². The van der Waals surface area contributed by atoms with Gasteiger partial charge in [0.2, 0.25) is 0 Å². The van der Waals surface area contributed by atoms with Gasteiger partial charge in [0, 0.05) is 21.1 Å². The summed E-state index contributed by atoms with van der Waals surface area (Å²) < 4.78 is 0. The molecule has 4 heavy (non-hydrogen) atoms. The number of hydrogen-bond donors (Lipinski definition) is 1.